The van der Waals surface area contributed by atoms with Crippen molar-refractivity contribution in [1.29, 1.82) is 0 Å². The maximum Gasteiger partial charge on any atom is 0.301 e. The summed E-state index contributed by atoms with van der Waals surface area (Å²) in [4.78, 5) is 33.9. The van der Waals surface area contributed by atoms with Gasteiger partial charge in [0, 0.05) is 5.56 Å². The summed E-state index contributed by atoms with van der Waals surface area (Å²) in [6.45, 7) is 13.7. The third-order valence-corrected chi connectivity index (χ3v) is 8.61. The number of aliphatic hydroxyl groups is 1. The van der Waals surface area contributed by atoms with E-state index in [4.69, 9.17) is 19.2 Å². The molecule has 0 saturated carbocycles. The first-order chi connectivity index (χ1) is 21.6. The number of aryl methyl sites for hydroxylation is 2. The second kappa shape index (κ2) is 13.7. The number of ether oxygens (including phenoxy) is 3. The summed E-state index contributed by atoms with van der Waals surface area (Å²) in [5.41, 5.74) is 3.79. The molecule has 1 saturated heterocycles. The van der Waals surface area contributed by atoms with Gasteiger partial charge >= 0.3 is 5.91 Å². The number of carbonyl (C=O) groups excluding carboxylic acids is 2. The van der Waals surface area contributed by atoms with Crippen LogP contribution in [-0.2, 0) is 9.59 Å². The van der Waals surface area contributed by atoms with Crippen molar-refractivity contribution in [1.82, 2.24) is 4.98 Å². The molecule has 1 fully saturated rings. The zero-order valence-corrected chi connectivity index (χ0v) is 27.5. The van der Waals surface area contributed by atoms with Crippen LogP contribution in [0.1, 0.15) is 68.8 Å². The predicted molar refractivity (Wildman–Crippen MR) is 179 cm³/mol. The van der Waals surface area contributed by atoms with Gasteiger partial charge in [-0.3, -0.25) is 14.5 Å². The molecule has 9 heteroatoms. The van der Waals surface area contributed by atoms with Crippen molar-refractivity contribution in [2.24, 2.45) is 5.92 Å². The fourth-order valence-corrected chi connectivity index (χ4v) is 6.55. The second-order valence-corrected chi connectivity index (χ2v) is 12.6. The number of hydrogen-bond acceptors (Lipinski definition) is 8. The lowest BCUT2D eigenvalue weighted by molar-refractivity contribution is -0.132. The van der Waals surface area contributed by atoms with Crippen molar-refractivity contribution in [2.45, 2.75) is 60.4 Å². The van der Waals surface area contributed by atoms with E-state index in [0.29, 0.717) is 59.2 Å². The number of aromatic nitrogens is 1. The number of aliphatic hydroxyl groups excluding tert-OH is 1. The summed E-state index contributed by atoms with van der Waals surface area (Å²) in [7, 11) is 0. The molecular weight excluding hydrogens is 588 g/mol. The molecule has 1 N–H and O–H groups in total. The van der Waals surface area contributed by atoms with Crippen LogP contribution in [0.3, 0.4) is 0 Å². The lowest BCUT2D eigenvalue weighted by atomic mass is 9.95. The maximum absolute atomic E-state index is 13.8. The molecule has 1 aliphatic rings. The Bertz CT molecular complexity index is 1740. The summed E-state index contributed by atoms with van der Waals surface area (Å²) in [5, 5.41) is 12.0. The Morgan fingerprint density at radius 3 is 2.40 bits per heavy atom. The first-order valence-electron chi connectivity index (χ1n) is 15.4. The minimum atomic E-state index is -0.952. The van der Waals surface area contributed by atoms with E-state index in [1.807, 2.05) is 45.9 Å². The summed E-state index contributed by atoms with van der Waals surface area (Å²) in [6, 6.07) is 15.4. The Labute approximate surface area is 268 Å². The highest BCUT2D eigenvalue weighted by atomic mass is 32.1. The van der Waals surface area contributed by atoms with Crippen LogP contribution in [0.5, 0.6) is 17.2 Å². The largest absolute Gasteiger partial charge is 0.507 e. The van der Waals surface area contributed by atoms with Crippen molar-refractivity contribution in [3.8, 4) is 17.2 Å². The molecule has 2 heterocycles. The molecule has 1 unspecified atom stereocenters. The van der Waals surface area contributed by atoms with Crippen molar-refractivity contribution < 1.29 is 28.9 Å². The van der Waals surface area contributed by atoms with Crippen LogP contribution in [-0.4, -0.2) is 41.6 Å². The van der Waals surface area contributed by atoms with Crippen LogP contribution in [0.25, 0.3) is 16.0 Å². The highest BCUT2D eigenvalue weighted by Crippen LogP contribution is 2.46. The molecule has 4 aromatic rings. The molecule has 8 nitrogen and oxygen atoms in total. The number of nitrogens with zero attached hydrogens (tertiary/aromatic N) is 2. The standard InChI is InChI=1S/C36H40N2O6S/c1-7-16-43-26-12-9-24(10-13-26)33(39)30-32(25-11-14-27(28(20-25)42-8-2)44-17-15-21(3)4)38(35(41)34(30)40)36-37-31-23(6)18-22(5)19-29(31)45-36/h9-14,18-21,32,39H,7-8,15-17H2,1-6H3/b33-30+. The van der Waals surface area contributed by atoms with Gasteiger partial charge in [-0.05, 0) is 98.7 Å². The monoisotopic (exact) mass is 628 g/mol. The Morgan fingerprint density at radius 2 is 1.71 bits per heavy atom. The zero-order chi connectivity index (χ0) is 32.2. The molecule has 1 aliphatic heterocycles. The number of thiazole rings is 1. The number of rotatable bonds is 12. The number of Topliss-reactive ketones (excluding diaryl/α,β-unsaturated/α-hetero) is 1. The van der Waals surface area contributed by atoms with Crippen LogP contribution >= 0.6 is 11.3 Å². The molecule has 1 aromatic heterocycles. The third-order valence-electron chi connectivity index (χ3n) is 7.61. The molecule has 3 aromatic carbocycles. The second-order valence-electron chi connectivity index (χ2n) is 11.6. The molecule has 0 radical (unpaired) electrons. The van der Waals surface area contributed by atoms with Crippen LogP contribution in [0.4, 0.5) is 5.13 Å². The van der Waals surface area contributed by atoms with Crippen molar-refractivity contribution in [3.63, 3.8) is 0 Å². The molecular formula is C36H40N2O6S. The predicted octanol–water partition coefficient (Wildman–Crippen LogP) is 8.15. The van der Waals surface area contributed by atoms with Gasteiger partial charge in [-0.2, -0.15) is 0 Å². The average molecular weight is 629 g/mol. The summed E-state index contributed by atoms with van der Waals surface area (Å²) >= 11 is 1.34. The zero-order valence-electron chi connectivity index (χ0n) is 26.7. The first-order valence-corrected chi connectivity index (χ1v) is 16.3. The van der Waals surface area contributed by atoms with Gasteiger partial charge in [-0.25, -0.2) is 4.98 Å². The third kappa shape index (κ3) is 6.68. The highest BCUT2D eigenvalue weighted by molar-refractivity contribution is 7.22. The van der Waals surface area contributed by atoms with E-state index < -0.39 is 17.7 Å². The SMILES string of the molecule is CCCOc1ccc(/C(O)=C2\C(=O)C(=O)N(c3nc4c(C)cc(C)cc4s3)C2c2ccc(OCCC(C)C)c(OCC)c2)cc1. The Kier molecular flexibility index (Phi) is 9.77. The van der Waals surface area contributed by atoms with Gasteiger partial charge < -0.3 is 19.3 Å². The van der Waals surface area contributed by atoms with Gasteiger partial charge in [-0.15, -0.1) is 0 Å². The van der Waals surface area contributed by atoms with Gasteiger partial charge in [0.1, 0.15) is 11.5 Å². The molecule has 0 bridgehead atoms. The Balaban J connectivity index is 1.65. The van der Waals surface area contributed by atoms with Gasteiger partial charge in [0.2, 0.25) is 0 Å². The van der Waals surface area contributed by atoms with E-state index in [0.717, 1.165) is 34.2 Å². The fraction of sp³-hybridized carbons (Fsp3) is 0.361. The normalized spacial score (nSPS) is 16.2. The van der Waals surface area contributed by atoms with E-state index >= 15 is 0 Å². The smallest absolute Gasteiger partial charge is 0.301 e. The molecule has 0 spiro atoms. The van der Waals surface area contributed by atoms with Crippen molar-refractivity contribution in [2.75, 3.05) is 24.7 Å². The molecule has 5 rings (SSSR count). The van der Waals surface area contributed by atoms with Gasteiger partial charge in [0.15, 0.2) is 16.6 Å². The number of anilines is 1. The van der Waals surface area contributed by atoms with Gasteiger partial charge in [-0.1, -0.05) is 44.2 Å². The van der Waals surface area contributed by atoms with Gasteiger partial charge in [0.05, 0.1) is 41.7 Å². The minimum absolute atomic E-state index is 0.0229. The lowest BCUT2D eigenvalue weighted by Crippen LogP contribution is -2.29. The minimum Gasteiger partial charge on any atom is -0.507 e. The Morgan fingerprint density at radius 1 is 0.956 bits per heavy atom. The molecule has 1 atom stereocenters. The molecule has 1 amide bonds. The number of benzene rings is 3. The van der Waals surface area contributed by atoms with E-state index in [1.165, 1.54) is 16.2 Å². The molecule has 45 heavy (non-hydrogen) atoms. The fourth-order valence-electron chi connectivity index (χ4n) is 5.38. The highest BCUT2D eigenvalue weighted by Gasteiger charge is 2.48. The molecule has 0 aliphatic carbocycles. The van der Waals surface area contributed by atoms with Crippen LogP contribution in [0, 0.1) is 19.8 Å². The topological polar surface area (TPSA) is 98.2 Å². The number of fused-ring (bicyclic) bond motifs is 1. The van der Waals surface area contributed by atoms with Crippen molar-refractivity contribution >= 4 is 44.1 Å². The quantitative estimate of drug-likeness (QED) is 0.0960. The maximum atomic E-state index is 13.8. The number of ketones is 1. The molecule has 236 valence electrons. The Hall–Kier alpha value is -4.37. The van der Waals surface area contributed by atoms with E-state index in [-0.39, 0.29) is 11.3 Å². The average Bonchev–Trinajstić information content (AvgIpc) is 3.55. The summed E-state index contributed by atoms with van der Waals surface area (Å²) in [5.74, 6) is 0.392. The van der Waals surface area contributed by atoms with E-state index in [9.17, 15) is 14.7 Å². The van der Waals surface area contributed by atoms with E-state index in [1.54, 1.807) is 36.4 Å². The first kappa shape index (κ1) is 32.0. The summed E-state index contributed by atoms with van der Waals surface area (Å²) in [6.07, 6.45) is 1.74. The van der Waals surface area contributed by atoms with Crippen LogP contribution < -0.4 is 19.1 Å². The van der Waals surface area contributed by atoms with Crippen LogP contribution in [0.2, 0.25) is 0 Å². The van der Waals surface area contributed by atoms with Gasteiger partial charge in [0.25, 0.3) is 5.78 Å². The summed E-state index contributed by atoms with van der Waals surface area (Å²) < 4.78 is 18.6. The lowest BCUT2D eigenvalue weighted by Gasteiger charge is -2.24. The number of amides is 1. The van der Waals surface area contributed by atoms with Crippen LogP contribution in [0.15, 0.2) is 60.2 Å². The number of carbonyl (C=O) groups is 2. The number of hydrogen-bond donors (Lipinski definition) is 1. The van der Waals surface area contributed by atoms with E-state index in [2.05, 4.69) is 13.8 Å². The van der Waals surface area contributed by atoms with Crippen molar-refractivity contribution in [3.05, 3.63) is 82.4 Å².